The van der Waals surface area contributed by atoms with Gasteiger partial charge in [0.05, 0.1) is 11.4 Å². The van der Waals surface area contributed by atoms with Crippen molar-refractivity contribution in [3.63, 3.8) is 0 Å². The third-order valence-corrected chi connectivity index (χ3v) is 13.2. The summed E-state index contributed by atoms with van der Waals surface area (Å²) in [7, 11) is 0. The first-order chi connectivity index (χ1) is 28.9. The number of anilines is 5. The lowest BCUT2D eigenvalue weighted by Crippen LogP contribution is -2.61. The van der Waals surface area contributed by atoms with Crippen molar-refractivity contribution >= 4 is 46.2 Å². The lowest BCUT2D eigenvalue weighted by atomic mass is 9.43. The van der Waals surface area contributed by atoms with Crippen molar-refractivity contribution in [2.45, 2.75) is 52.4 Å². The van der Waals surface area contributed by atoms with Crippen molar-refractivity contribution < 1.29 is 0 Å². The van der Waals surface area contributed by atoms with Gasteiger partial charge in [0.2, 0.25) is 0 Å². The highest BCUT2D eigenvalue weighted by Crippen LogP contribution is 2.57. The zero-order chi connectivity index (χ0) is 39.8. The van der Waals surface area contributed by atoms with Crippen molar-refractivity contribution in [3.05, 3.63) is 198 Å². The second kappa shape index (κ2) is 13.8. The topological polar surface area (TPSA) is 6.48 Å². The van der Waals surface area contributed by atoms with Crippen LogP contribution in [0.5, 0.6) is 0 Å². The molecule has 11 rings (SSSR count). The van der Waals surface area contributed by atoms with Crippen molar-refractivity contribution in [1.29, 1.82) is 0 Å². The van der Waals surface area contributed by atoms with Gasteiger partial charge in [-0.1, -0.05) is 167 Å². The van der Waals surface area contributed by atoms with Crippen molar-refractivity contribution in [1.82, 2.24) is 0 Å². The predicted octanol–water partition coefficient (Wildman–Crippen LogP) is 13.7. The molecule has 0 atom stereocenters. The van der Waals surface area contributed by atoms with E-state index in [1.165, 1.54) is 119 Å². The summed E-state index contributed by atoms with van der Waals surface area (Å²) in [6.45, 7) is 9.31. The molecule has 0 spiro atoms. The van der Waals surface area contributed by atoms with Crippen LogP contribution in [0.4, 0.5) is 28.4 Å². The highest BCUT2D eigenvalue weighted by molar-refractivity contribution is 6.93. The van der Waals surface area contributed by atoms with E-state index < -0.39 is 0 Å². The number of unbranched alkanes of at least 4 members (excludes halogenated alkanes) is 1. The number of hydrogen-bond acceptors (Lipinski definition) is 2. The van der Waals surface area contributed by atoms with Crippen LogP contribution in [-0.4, -0.2) is 6.85 Å². The summed E-state index contributed by atoms with van der Waals surface area (Å²) in [6.07, 6.45) is 3.42. The number of benzene rings is 8. The van der Waals surface area contributed by atoms with Crippen LogP contribution in [0.2, 0.25) is 0 Å². The van der Waals surface area contributed by atoms with E-state index in [4.69, 9.17) is 0 Å². The van der Waals surface area contributed by atoms with Gasteiger partial charge in [0.15, 0.2) is 0 Å². The molecule has 8 aromatic carbocycles. The first-order valence-electron chi connectivity index (χ1n) is 21.4. The van der Waals surface area contributed by atoms with E-state index in [0.717, 1.165) is 6.42 Å². The zero-order valence-electron chi connectivity index (χ0n) is 34.3. The fourth-order valence-electron chi connectivity index (χ4n) is 10.5. The van der Waals surface area contributed by atoms with Gasteiger partial charge in [-0.25, -0.2) is 0 Å². The number of nitrogens with zero attached hydrogens (tertiary/aromatic N) is 2. The summed E-state index contributed by atoms with van der Waals surface area (Å²) in [5.74, 6) is 0. The fraction of sp³-hybridized carbons (Fsp3) is 0.143. The third kappa shape index (κ3) is 5.48. The van der Waals surface area contributed by atoms with Crippen LogP contribution < -0.4 is 20.6 Å². The van der Waals surface area contributed by atoms with Gasteiger partial charge in [-0.3, -0.25) is 0 Å². The largest absolute Gasteiger partial charge is 0.376 e. The Morgan fingerprint density at radius 3 is 2.00 bits per heavy atom. The van der Waals surface area contributed by atoms with Crippen LogP contribution in [0, 0.1) is 6.92 Å². The predicted molar refractivity (Wildman–Crippen MR) is 252 cm³/mol. The smallest absolute Gasteiger partial charge is 0.333 e. The number of fused-ring (bicyclic) bond motifs is 8. The summed E-state index contributed by atoms with van der Waals surface area (Å²) >= 11 is 0. The van der Waals surface area contributed by atoms with Gasteiger partial charge < -0.3 is 9.71 Å². The molecular formula is C56H47BN2. The molecule has 0 fully saturated rings. The van der Waals surface area contributed by atoms with E-state index in [9.17, 15) is 0 Å². The van der Waals surface area contributed by atoms with Crippen LogP contribution in [-0.2, 0) is 11.8 Å². The Labute approximate surface area is 349 Å². The van der Waals surface area contributed by atoms with Gasteiger partial charge >= 0.3 is 6.85 Å². The van der Waals surface area contributed by atoms with Crippen molar-refractivity contribution in [3.8, 4) is 44.5 Å². The maximum atomic E-state index is 2.67. The van der Waals surface area contributed by atoms with Crippen LogP contribution in [0.3, 0.4) is 0 Å². The second-order valence-electron chi connectivity index (χ2n) is 17.2. The Kier molecular flexibility index (Phi) is 8.31. The van der Waals surface area contributed by atoms with E-state index in [2.05, 4.69) is 213 Å². The molecule has 0 bridgehead atoms. The van der Waals surface area contributed by atoms with Crippen molar-refractivity contribution in [2.75, 3.05) is 9.71 Å². The fourth-order valence-corrected chi connectivity index (χ4v) is 10.5. The van der Waals surface area contributed by atoms with Gasteiger partial charge in [0, 0.05) is 39.2 Å². The van der Waals surface area contributed by atoms with Gasteiger partial charge in [0.25, 0.3) is 0 Å². The summed E-state index contributed by atoms with van der Waals surface area (Å²) in [4.78, 5) is 5.32. The first kappa shape index (κ1) is 35.6. The maximum Gasteiger partial charge on any atom is 0.333 e. The van der Waals surface area contributed by atoms with Gasteiger partial charge in [0.1, 0.15) is 0 Å². The monoisotopic (exact) mass is 758 g/mol. The summed E-state index contributed by atoms with van der Waals surface area (Å²) in [5, 5.41) is 0. The van der Waals surface area contributed by atoms with Gasteiger partial charge in [-0.15, -0.1) is 0 Å². The first-order valence-corrected chi connectivity index (χ1v) is 21.4. The molecule has 2 nitrogen and oxygen atoms in total. The highest BCUT2D eigenvalue weighted by atomic mass is 15.2. The zero-order valence-corrected chi connectivity index (χ0v) is 34.3. The number of aryl methyl sites for hydroxylation is 2. The summed E-state index contributed by atoms with van der Waals surface area (Å²) in [5.41, 5.74) is 24.3. The molecule has 3 heteroatoms. The van der Waals surface area contributed by atoms with Crippen molar-refractivity contribution in [2.24, 2.45) is 0 Å². The standard InChI is InChI=1S/C56H47BN2/c1-5-6-18-38-27-32-50(45(35-38)40-21-12-8-13-22-40)58-52-34-37(2)33-46-43-29-28-41(39-19-10-7-11-20-39)36-51(43)59(42-23-14-9-15-24-42)57(54(46)52)49-31-30-48-53(55(49)58)44-25-16-17-26-47(44)56(48,3)4/h7-17,19-36H,5-6,18H2,1-4H3. The molecule has 1 aliphatic carbocycles. The Morgan fingerprint density at radius 2 is 1.24 bits per heavy atom. The molecule has 0 unspecified atom stereocenters. The molecule has 0 aromatic heterocycles. The van der Waals surface area contributed by atoms with Crippen LogP contribution in [0.25, 0.3) is 44.5 Å². The molecule has 0 saturated carbocycles. The number of hydrogen-bond donors (Lipinski definition) is 0. The van der Waals surface area contributed by atoms with E-state index in [-0.39, 0.29) is 12.3 Å². The van der Waals surface area contributed by atoms with E-state index in [0.29, 0.717) is 0 Å². The van der Waals surface area contributed by atoms with Gasteiger partial charge in [-0.05, 0) is 117 Å². The maximum absolute atomic E-state index is 2.67. The van der Waals surface area contributed by atoms with Crippen LogP contribution >= 0.6 is 0 Å². The molecule has 59 heavy (non-hydrogen) atoms. The number of para-hydroxylation sites is 1. The molecule has 284 valence electrons. The van der Waals surface area contributed by atoms with E-state index >= 15 is 0 Å². The quantitative estimate of drug-likeness (QED) is 0.149. The lowest BCUT2D eigenvalue weighted by molar-refractivity contribution is 0.660. The SMILES string of the molecule is CCCCc1ccc(N2c3cc(C)cc4c3B(c3ccc5c(c32)-c2ccccc2C5(C)C)N(c2ccccc2)c2cc(-c3ccccc3)ccc2-4)c(-c2ccccc2)c1. The minimum atomic E-state index is -0.153. The Balaban J connectivity index is 1.28. The molecule has 2 heterocycles. The van der Waals surface area contributed by atoms with Gasteiger partial charge in [-0.2, -0.15) is 0 Å². The summed E-state index contributed by atoms with van der Waals surface area (Å²) in [6, 6.07) is 66.4. The molecule has 3 aliphatic rings. The molecule has 0 radical (unpaired) electrons. The Hall–Kier alpha value is -6.58. The minimum absolute atomic E-state index is 0.0713. The number of rotatable bonds is 7. The molecular weight excluding hydrogens is 711 g/mol. The lowest BCUT2D eigenvalue weighted by Gasteiger charge is -2.47. The molecule has 2 aliphatic heterocycles. The third-order valence-electron chi connectivity index (χ3n) is 13.2. The Morgan fingerprint density at radius 1 is 0.525 bits per heavy atom. The normalized spacial score (nSPS) is 14.0. The molecule has 0 amide bonds. The van der Waals surface area contributed by atoms with E-state index in [1.807, 2.05) is 0 Å². The second-order valence-corrected chi connectivity index (χ2v) is 17.2. The van der Waals surface area contributed by atoms with Crippen LogP contribution in [0.15, 0.2) is 176 Å². The summed E-state index contributed by atoms with van der Waals surface area (Å²) < 4.78 is 0. The average Bonchev–Trinajstić information content (AvgIpc) is 3.52. The minimum Gasteiger partial charge on any atom is -0.376 e. The molecule has 0 N–H and O–H groups in total. The molecule has 8 aromatic rings. The molecule has 0 saturated heterocycles. The van der Waals surface area contributed by atoms with E-state index in [1.54, 1.807) is 0 Å². The highest BCUT2D eigenvalue weighted by Gasteiger charge is 2.48. The average molecular weight is 759 g/mol. The van der Waals surface area contributed by atoms with Crippen LogP contribution in [0.1, 0.15) is 55.9 Å². The Bertz CT molecular complexity index is 2910.